The number of rotatable bonds is 2. The summed E-state index contributed by atoms with van der Waals surface area (Å²) in [6.07, 6.45) is 0. The first kappa shape index (κ1) is 14.1. The molecular formula is C17H14ClNO2S. The fourth-order valence-corrected chi connectivity index (χ4v) is 4.45. The third-order valence-electron chi connectivity index (χ3n) is 4.00. The zero-order valence-corrected chi connectivity index (χ0v) is 13.4. The molecule has 2 aliphatic rings. The van der Waals surface area contributed by atoms with Crippen molar-refractivity contribution in [2.75, 3.05) is 17.3 Å². The summed E-state index contributed by atoms with van der Waals surface area (Å²) < 4.78 is 5.88. The van der Waals surface area contributed by atoms with Crippen LogP contribution in [-0.4, -0.2) is 18.3 Å². The van der Waals surface area contributed by atoms with Crippen LogP contribution >= 0.6 is 23.4 Å². The summed E-state index contributed by atoms with van der Waals surface area (Å²) in [5.74, 6) is 0.849. The highest BCUT2D eigenvalue weighted by Gasteiger charge is 2.54. The normalized spacial score (nSPS) is 23.3. The van der Waals surface area contributed by atoms with Gasteiger partial charge in [0.2, 0.25) is 4.93 Å². The van der Waals surface area contributed by atoms with Crippen molar-refractivity contribution in [2.45, 2.75) is 11.5 Å². The van der Waals surface area contributed by atoms with E-state index in [-0.39, 0.29) is 5.91 Å². The average molecular weight is 332 g/mol. The maximum atomic E-state index is 13.0. The Hall–Kier alpha value is -1.49. The molecule has 2 aromatic carbocycles. The molecule has 22 heavy (non-hydrogen) atoms. The second-order valence-corrected chi connectivity index (χ2v) is 7.06. The van der Waals surface area contributed by atoms with E-state index in [2.05, 4.69) is 0 Å². The number of amides is 1. The number of hydrogen-bond donors (Lipinski definition) is 0. The van der Waals surface area contributed by atoms with Gasteiger partial charge >= 0.3 is 0 Å². The summed E-state index contributed by atoms with van der Waals surface area (Å²) in [5.41, 5.74) is 2.90. The van der Waals surface area contributed by atoms with Gasteiger partial charge in [-0.25, -0.2) is 0 Å². The van der Waals surface area contributed by atoms with Gasteiger partial charge < -0.3 is 9.64 Å². The minimum atomic E-state index is -0.852. The van der Waals surface area contributed by atoms with Crippen LogP contribution in [0.15, 0.2) is 48.5 Å². The number of carbonyl (C=O) groups excluding carboxylic acids is 1. The quantitative estimate of drug-likeness (QED) is 0.838. The van der Waals surface area contributed by atoms with Crippen molar-refractivity contribution in [2.24, 2.45) is 0 Å². The van der Waals surface area contributed by atoms with Gasteiger partial charge in [0.25, 0.3) is 5.91 Å². The number of halogens is 1. The highest BCUT2D eigenvalue weighted by atomic mass is 35.5. The van der Waals surface area contributed by atoms with Gasteiger partial charge in [-0.1, -0.05) is 41.9 Å². The maximum Gasteiger partial charge on any atom is 0.275 e. The number of para-hydroxylation sites is 1. The van der Waals surface area contributed by atoms with Gasteiger partial charge in [-0.05, 0) is 23.8 Å². The van der Waals surface area contributed by atoms with E-state index in [0.29, 0.717) is 18.2 Å². The molecule has 2 aromatic rings. The van der Waals surface area contributed by atoms with Crippen molar-refractivity contribution >= 4 is 35.0 Å². The van der Waals surface area contributed by atoms with Crippen LogP contribution in [0.1, 0.15) is 11.1 Å². The van der Waals surface area contributed by atoms with Gasteiger partial charge in [0.05, 0.1) is 18.8 Å². The van der Waals surface area contributed by atoms with Crippen LogP contribution in [0.25, 0.3) is 0 Å². The Bertz CT molecular complexity index is 743. The van der Waals surface area contributed by atoms with Crippen molar-refractivity contribution in [3.63, 3.8) is 0 Å². The van der Waals surface area contributed by atoms with Gasteiger partial charge in [0.1, 0.15) is 0 Å². The van der Waals surface area contributed by atoms with Gasteiger partial charge in [0.15, 0.2) is 0 Å². The lowest BCUT2D eigenvalue weighted by atomic mass is 10.1. The third-order valence-corrected chi connectivity index (χ3v) is 5.52. The third kappa shape index (κ3) is 2.06. The van der Waals surface area contributed by atoms with Crippen LogP contribution in [-0.2, 0) is 21.0 Å². The van der Waals surface area contributed by atoms with E-state index in [1.807, 2.05) is 48.5 Å². The summed E-state index contributed by atoms with van der Waals surface area (Å²) in [6.45, 7) is 1.11. The number of fused-ring (bicyclic) bond motifs is 2. The molecule has 0 saturated carbocycles. The van der Waals surface area contributed by atoms with Gasteiger partial charge in [-0.15, -0.1) is 11.8 Å². The van der Waals surface area contributed by atoms with Crippen LogP contribution in [0.3, 0.4) is 0 Å². The molecule has 112 valence electrons. The minimum absolute atomic E-state index is 0.0103. The summed E-state index contributed by atoms with van der Waals surface area (Å²) in [4.78, 5) is 14.0. The number of carbonyl (C=O) groups is 1. The van der Waals surface area contributed by atoms with Crippen LogP contribution < -0.4 is 4.90 Å². The second-order valence-electron chi connectivity index (χ2n) is 5.35. The monoisotopic (exact) mass is 331 g/mol. The van der Waals surface area contributed by atoms with E-state index >= 15 is 0 Å². The number of hydrogen-bond acceptors (Lipinski definition) is 3. The highest BCUT2D eigenvalue weighted by molar-refractivity contribution is 8.01. The van der Waals surface area contributed by atoms with Crippen molar-refractivity contribution in [1.29, 1.82) is 0 Å². The molecule has 0 aromatic heterocycles. The molecule has 0 aliphatic carbocycles. The lowest BCUT2D eigenvalue weighted by Crippen LogP contribution is -2.37. The Kier molecular flexibility index (Phi) is 3.40. The zero-order chi connectivity index (χ0) is 15.2. The molecule has 3 nitrogen and oxygen atoms in total. The first-order valence-electron chi connectivity index (χ1n) is 7.14. The number of thioether (sulfide) groups is 1. The average Bonchev–Trinajstić information content (AvgIpc) is 3.10. The molecule has 0 bridgehead atoms. The molecule has 4 rings (SSSR count). The first-order valence-corrected chi connectivity index (χ1v) is 8.51. The predicted molar refractivity (Wildman–Crippen MR) is 89.2 cm³/mol. The second kappa shape index (κ2) is 5.30. The fraction of sp³-hybridized carbons (Fsp3) is 0.235. The molecule has 0 radical (unpaired) electrons. The van der Waals surface area contributed by atoms with Crippen LogP contribution in [0.5, 0.6) is 0 Å². The Balaban J connectivity index is 1.76. The van der Waals surface area contributed by atoms with Crippen LogP contribution in [0, 0.1) is 0 Å². The largest absolute Gasteiger partial charge is 0.350 e. The van der Waals surface area contributed by atoms with Crippen molar-refractivity contribution in [1.82, 2.24) is 0 Å². The summed E-state index contributed by atoms with van der Waals surface area (Å²) in [5, 5.41) is 0.679. The molecule has 1 atom stereocenters. The van der Waals surface area contributed by atoms with E-state index in [9.17, 15) is 4.79 Å². The van der Waals surface area contributed by atoms with Crippen LogP contribution in [0.2, 0.25) is 5.02 Å². The lowest BCUT2D eigenvalue weighted by molar-refractivity contribution is -0.131. The van der Waals surface area contributed by atoms with Gasteiger partial charge in [-0.2, -0.15) is 0 Å². The van der Waals surface area contributed by atoms with E-state index in [4.69, 9.17) is 16.3 Å². The molecular weight excluding hydrogens is 318 g/mol. The van der Waals surface area contributed by atoms with E-state index in [1.165, 1.54) is 0 Å². The van der Waals surface area contributed by atoms with Crippen molar-refractivity contribution in [3.05, 3.63) is 64.7 Å². The molecule has 2 heterocycles. The zero-order valence-electron chi connectivity index (χ0n) is 11.8. The van der Waals surface area contributed by atoms with Gasteiger partial charge in [-0.3, -0.25) is 4.79 Å². The van der Waals surface area contributed by atoms with E-state index in [1.54, 1.807) is 16.7 Å². The fourth-order valence-electron chi connectivity index (χ4n) is 3.06. The predicted octanol–water partition coefficient (Wildman–Crippen LogP) is 3.80. The molecule has 1 fully saturated rings. The molecule has 1 spiro atoms. The summed E-state index contributed by atoms with van der Waals surface area (Å²) in [7, 11) is 0. The molecule has 1 amide bonds. The highest BCUT2D eigenvalue weighted by Crippen LogP contribution is 2.52. The summed E-state index contributed by atoms with van der Waals surface area (Å²) >= 11 is 7.64. The molecule has 5 heteroatoms. The smallest absolute Gasteiger partial charge is 0.275 e. The maximum absolute atomic E-state index is 13.0. The van der Waals surface area contributed by atoms with E-state index < -0.39 is 4.93 Å². The first-order chi connectivity index (χ1) is 10.7. The SMILES string of the molecule is O=C1N(Cc2cccc(Cl)c2)c2ccccc2C12OCCS2. The Morgan fingerprint density at radius 3 is 2.86 bits per heavy atom. The number of ether oxygens (including phenoxy) is 1. The van der Waals surface area contributed by atoms with Crippen molar-refractivity contribution < 1.29 is 9.53 Å². The molecule has 1 saturated heterocycles. The van der Waals surface area contributed by atoms with Gasteiger partial charge in [0, 0.05) is 16.3 Å². The molecule has 1 unspecified atom stereocenters. The topological polar surface area (TPSA) is 29.5 Å². The Labute approximate surface area is 138 Å². The Morgan fingerprint density at radius 1 is 1.23 bits per heavy atom. The number of anilines is 1. The summed E-state index contributed by atoms with van der Waals surface area (Å²) in [6, 6.07) is 15.5. The van der Waals surface area contributed by atoms with Crippen molar-refractivity contribution in [3.8, 4) is 0 Å². The standard InChI is InChI=1S/C17H14ClNO2S/c18-13-5-3-4-12(10-13)11-19-15-7-2-1-6-14(15)17(16(19)20)21-8-9-22-17/h1-7,10H,8-9,11H2. The number of benzene rings is 2. The van der Waals surface area contributed by atoms with E-state index in [0.717, 1.165) is 22.6 Å². The lowest BCUT2D eigenvalue weighted by Gasteiger charge is -2.22. The number of nitrogens with zero attached hydrogens (tertiary/aromatic N) is 1. The minimum Gasteiger partial charge on any atom is -0.350 e. The Morgan fingerprint density at radius 2 is 2.09 bits per heavy atom. The molecule has 2 aliphatic heterocycles. The van der Waals surface area contributed by atoms with Crippen LogP contribution in [0.4, 0.5) is 5.69 Å². The molecule has 0 N–H and O–H groups in total.